The maximum Gasteiger partial charge on any atom is 0.251 e. The molecular formula is C11H17N3O3S. The van der Waals surface area contributed by atoms with Crippen LogP contribution < -0.4 is 16.2 Å². The number of hydrogen-bond donors (Lipinski definition) is 3. The van der Waals surface area contributed by atoms with Gasteiger partial charge < -0.3 is 11.1 Å². The highest BCUT2D eigenvalue weighted by atomic mass is 32.2. The zero-order valence-corrected chi connectivity index (χ0v) is 10.7. The van der Waals surface area contributed by atoms with E-state index in [-0.39, 0.29) is 18.2 Å². The van der Waals surface area contributed by atoms with Crippen molar-refractivity contribution in [2.45, 2.75) is 13.0 Å². The van der Waals surface area contributed by atoms with Crippen LogP contribution in [0.25, 0.3) is 0 Å². The van der Waals surface area contributed by atoms with Crippen molar-refractivity contribution in [3.8, 4) is 0 Å². The summed E-state index contributed by atoms with van der Waals surface area (Å²) in [5, 5.41) is 7.47. The summed E-state index contributed by atoms with van der Waals surface area (Å²) >= 11 is 0. The zero-order valence-electron chi connectivity index (χ0n) is 9.93. The van der Waals surface area contributed by atoms with Gasteiger partial charge >= 0.3 is 0 Å². The molecule has 0 fully saturated rings. The van der Waals surface area contributed by atoms with Gasteiger partial charge in [-0.15, -0.1) is 0 Å². The molecule has 0 radical (unpaired) electrons. The second kappa shape index (κ2) is 6.48. The average Bonchev–Trinajstić information content (AvgIpc) is 2.33. The van der Waals surface area contributed by atoms with Crippen molar-refractivity contribution in [3.63, 3.8) is 0 Å². The maximum absolute atomic E-state index is 11.7. The van der Waals surface area contributed by atoms with Gasteiger partial charge in [-0.3, -0.25) is 4.79 Å². The van der Waals surface area contributed by atoms with E-state index in [0.717, 1.165) is 5.56 Å². The van der Waals surface area contributed by atoms with Crippen LogP contribution in [0.5, 0.6) is 0 Å². The van der Waals surface area contributed by atoms with Gasteiger partial charge in [0.05, 0.1) is 5.75 Å². The number of sulfonamides is 1. The van der Waals surface area contributed by atoms with Crippen LogP contribution in [0.1, 0.15) is 22.3 Å². The van der Waals surface area contributed by atoms with Crippen molar-refractivity contribution < 1.29 is 13.2 Å². The van der Waals surface area contributed by atoms with Crippen molar-refractivity contribution in [3.05, 3.63) is 35.4 Å². The Balaban J connectivity index is 2.45. The van der Waals surface area contributed by atoms with Crippen LogP contribution in [0, 0.1) is 0 Å². The number of nitrogens with two attached hydrogens (primary N) is 2. The van der Waals surface area contributed by atoms with Gasteiger partial charge in [0.2, 0.25) is 10.0 Å². The summed E-state index contributed by atoms with van der Waals surface area (Å²) in [5.74, 6) is -0.393. The fraction of sp³-hybridized carbons (Fsp3) is 0.364. The zero-order chi connectivity index (χ0) is 13.6. The lowest BCUT2D eigenvalue weighted by Gasteiger charge is -2.05. The summed E-state index contributed by atoms with van der Waals surface area (Å²) < 4.78 is 21.4. The van der Waals surface area contributed by atoms with E-state index in [2.05, 4.69) is 5.32 Å². The highest BCUT2D eigenvalue weighted by Gasteiger charge is 2.06. The lowest BCUT2D eigenvalue weighted by Crippen LogP contribution is -2.27. The molecule has 0 saturated carbocycles. The fourth-order valence-corrected chi connectivity index (χ4v) is 1.96. The number of carbonyl (C=O) groups is 1. The molecule has 0 heterocycles. The summed E-state index contributed by atoms with van der Waals surface area (Å²) in [7, 11) is -3.47. The largest absolute Gasteiger partial charge is 0.352 e. The molecule has 5 N–H and O–H groups in total. The molecule has 1 amide bonds. The van der Waals surface area contributed by atoms with Crippen molar-refractivity contribution in [2.75, 3.05) is 12.3 Å². The molecule has 0 bridgehead atoms. The van der Waals surface area contributed by atoms with Crippen LogP contribution in [-0.4, -0.2) is 26.6 Å². The van der Waals surface area contributed by atoms with Gasteiger partial charge in [0.1, 0.15) is 0 Å². The van der Waals surface area contributed by atoms with E-state index in [9.17, 15) is 13.2 Å². The molecule has 0 spiro atoms. The number of nitrogens with one attached hydrogen (secondary N) is 1. The minimum atomic E-state index is -3.47. The van der Waals surface area contributed by atoms with Gasteiger partial charge in [0.25, 0.3) is 5.91 Å². The third-order valence-corrected chi connectivity index (χ3v) is 3.17. The molecule has 0 aromatic heterocycles. The predicted octanol–water partition coefficient (Wildman–Crippen LogP) is -0.446. The lowest BCUT2D eigenvalue weighted by atomic mass is 10.1. The van der Waals surface area contributed by atoms with Crippen molar-refractivity contribution in [1.82, 2.24) is 5.32 Å². The van der Waals surface area contributed by atoms with Crippen LogP contribution in [0.4, 0.5) is 0 Å². The van der Waals surface area contributed by atoms with Crippen molar-refractivity contribution >= 4 is 15.9 Å². The van der Waals surface area contributed by atoms with E-state index < -0.39 is 10.0 Å². The van der Waals surface area contributed by atoms with E-state index in [4.69, 9.17) is 10.9 Å². The Morgan fingerprint density at radius 1 is 1.33 bits per heavy atom. The molecule has 18 heavy (non-hydrogen) atoms. The normalized spacial score (nSPS) is 11.2. The molecule has 0 saturated heterocycles. The SMILES string of the molecule is NCc1cccc(C(=O)NCCCS(N)(=O)=O)c1. The van der Waals surface area contributed by atoms with E-state index in [1.807, 2.05) is 6.07 Å². The quantitative estimate of drug-likeness (QED) is 0.608. The molecule has 0 aliphatic rings. The Kier molecular flexibility index (Phi) is 5.26. The van der Waals surface area contributed by atoms with E-state index >= 15 is 0 Å². The number of primary sulfonamides is 1. The number of hydrogen-bond acceptors (Lipinski definition) is 4. The Morgan fingerprint density at radius 3 is 2.67 bits per heavy atom. The number of carbonyl (C=O) groups excluding carboxylic acids is 1. The van der Waals surface area contributed by atoms with Crippen LogP contribution in [0.2, 0.25) is 0 Å². The monoisotopic (exact) mass is 271 g/mol. The van der Waals surface area contributed by atoms with E-state index in [1.165, 1.54) is 0 Å². The first-order valence-corrected chi connectivity index (χ1v) is 7.21. The molecule has 0 aliphatic heterocycles. The van der Waals surface area contributed by atoms with Gasteiger partial charge in [-0.2, -0.15) is 0 Å². The van der Waals surface area contributed by atoms with E-state index in [0.29, 0.717) is 18.5 Å². The summed E-state index contributed by atoms with van der Waals surface area (Å²) in [6.07, 6.45) is 0.293. The lowest BCUT2D eigenvalue weighted by molar-refractivity contribution is 0.0953. The minimum absolute atomic E-state index is 0.143. The predicted molar refractivity (Wildman–Crippen MR) is 69.3 cm³/mol. The molecule has 100 valence electrons. The van der Waals surface area contributed by atoms with Gasteiger partial charge in [0.15, 0.2) is 0 Å². The summed E-state index contributed by atoms with van der Waals surface area (Å²) in [6.45, 7) is 0.634. The first-order valence-electron chi connectivity index (χ1n) is 5.50. The average molecular weight is 271 g/mol. The summed E-state index contributed by atoms with van der Waals surface area (Å²) in [5.41, 5.74) is 6.85. The maximum atomic E-state index is 11.7. The Morgan fingerprint density at radius 2 is 2.06 bits per heavy atom. The van der Waals surface area contributed by atoms with Crippen LogP contribution in [0.3, 0.4) is 0 Å². The third-order valence-electron chi connectivity index (χ3n) is 2.32. The van der Waals surface area contributed by atoms with Gasteiger partial charge in [0, 0.05) is 18.7 Å². The molecule has 6 nitrogen and oxygen atoms in total. The Labute approximate surface area is 106 Å². The first kappa shape index (κ1) is 14.6. The molecule has 1 aromatic rings. The Hall–Kier alpha value is -1.44. The second-order valence-electron chi connectivity index (χ2n) is 3.88. The molecule has 1 aromatic carbocycles. The highest BCUT2D eigenvalue weighted by Crippen LogP contribution is 2.04. The van der Waals surface area contributed by atoms with Gasteiger partial charge in [-0.25, -0.2) is 13.6 Å². The smallest absolute Gasteiger partial charge is 0.251 e. The standard InChI is InChI=1S/C11H17N3O3S/c12-8-9-3-1-4-10(7-9)11(15)14-5-2-6-18(13,16)17/h1,3-4,7H,2,5-6,8,12H2,(H,14,15)(H2,13,16,17). The first-order chi connectivity index (χ1) is 8.42. The van der Waals surface area contributed by atoms with Crippen molar-refractivity contribution in [2.24, 2.45) is 10.9 Å². The fourth-order valence-electron chi connectivity index (χ4n) is 1.42. The third kappa shape index (κ3) is 5.26. The summed E-state index contributed by atoms with van der Waals surface area (Å²) in [4.78, 5) is 11.7. The van der Waals surface area contributed by atoms with Crippen LogP contribution in [-0.2, 0) is 16.6 Å². The topological polar surface area (TPSA) is 115 Å². The van der Waals surface area contributed by atoms with Gasteiger partial charge in [-0.1, -0.05) is 12.1 Å². The van der Waals surface area contributed by atoms with Crippen molar-refractivity contribution in [1.29, 1.82) is 0 Å². The molecular weight excluding hydrogens is 254 g/mol. The van der Waals surface area contributed by atoms with E-state index in [1.54, 1.807) is 18.2 Å². The second-order valence-corrected chi connectivity index (χ2v) is 5.61. The molecule has 1 rings (SSSR count). The molecule has 0 atom stereocenters. The number of benzene rings is 1. The van der Waals surface area contributed by atoms with Crippen LogP contribution in [0.15, 0.2) is 24.3 Å². The molecule has 7 heteroatoms. The molecule has 0 aliphatic carbocycles. The summed E-state index contributed by atoms with van der Waals surface area (Å²) in [6, 6.07) is 6.96. The number of rotatable bonds is 6. The minimum Gasteiger partial charge on any atom is -0.352 e. The molecule has 0 unspecified atom stereocenters. The highest BCUT2D eigenvalue weighted by molar-refractivity contribution is 7.89. The van der Waals surface area contributed by atoms with Crippen LogP contribution >= 0.6 is 0 Å². The van der Waals surface area contributed by atoms with Gasteiger partial charge in [-0.05, 0) is 24.1 Å². The Bertz CT molecular complexity index is 514. The number of amides is 1.